The van der Waals surface area contributed by atoms with Crippen molar-refractivity contribution in [1.82, 2.24) is 19.8 Å². The number of aromatic nitrogens is 2. The van der Waals surface area contributed by atoms with Gasteiger partial charge in [0, 0.05) is 26.2 Å². The van der Waals surface area contributed by atoms with Crippen LogP contribution in [0.25, 0.3) is 10.2 Å². The minimum atomic E-state index is 0.0191. The summed E-state index contributed by atoms with van der Waals surface area (Å²) < 4.78 is 6.84. The highest BCUT2D eigenvalue weighted by Crippen LogP contribution is 2.30. The van der Waals surface area contributed by atoms with Gasteiger partial charge < -0.3 is 9.64 Å². The standard InChI is InChI=1S/C22H24N4O2S/c1-15(21-24-17-6-2-3-7-20(17)29-21)25-8-10-26(11-9-25)22(27)18-13-16-5-4-12-28-19(16)14-23-18/h2-3,6-7,13-15H,4-5,8-12H2,1H3. The van der Waals surface area contributed by atoms with Crippen molar-refractivity contribution in [1.29, 1.82) is 0 Å². The van der Waals surface area contributed by atoms with E-state index in [1.807, 2.05) is 17.0 Å². The number of pyridine rings is 1. The molecule has 0 spiro atoms. The number of ether oxygens (including phenoxy) is 1. The summed E-state index contributed by atoms with van der Waals surface area (Å²) in [5.74, 6) is 0.841. The number of rotatable bonds is 3. The van der Waals surface area contributed by atoms with E-state index in [0.29, 0.717) is 18.8 Å². The van der Waals surface area contributed by atoms with Gasteiger partial charge in [0.1, 0.15) is 16.5 Å². The molecule has 2 aliphatic rings. The van der Waals surface area contributed by atoms with Gasteiger partial charge in [-0.05, 0) is 43.5 Å². The number of aryl methyl sites for hydroxylation is 1. The monoisotopic (exact) mass is 408 g/mol. The Kier molecular flexibility index (Phi) is 4.93. The Balaban J connectivity index is 1.24. The van der Waals surface area contributed by atoms with Crippen LogP contribution in [-0.4, -0.2) is 58.5 Å². The van der Waals surface area contributed by atoms with Gasteiger partial charge in [-0.25, -0.2) is 9.97 Å². The minimum Gasteiger partial charge on any atom is -0.492 e. The van der Waals surface area contributed by atoms with E-state index >= 15 is 0 Å². The number of piperazine rings is 1. The molecular formula is C22H24N4O2S. The fourth-order valence-corrected chi connectivity index (χ4v) is 5.12. The van der Waals surface area contributed by atoms with Crippen molar-refractivity contribution in [2.75, 3.05) is 32.8 Å². The van der Waals surface area contributed by atoms with Crippen molar-refractivity contribution < 1.29 is 9.53 Å². The Morgan fingerprint density at radius 3 is 2.86 bits per heavy atom. The third kappa shape index (κ3) is 3.60. The number of hydrogen-bond donors (Lipinski definition) is 0. The first-order chi connectivity index (χ1) is 14.2. The number of benzene rings is 1. The first-order valence-electron chi connectivity index (χ1n) is 10.2. The predicted molar refractivity (Wildman–Crippen MR) is 114 cm³/mol. The first kappa shape index (κ1) is 18.5. The minimum absolute atomic E-state index is 0.0191. The zero-order valence-electron chi connectivity index (χ0n) is 16.5. The molecule has 1 aromatic carbocycles. The number of nitrogens with zero attached hydrogens (tertiary/aromatic N) is 4. The summed E-state index contributed by atoms with van der Waals surface area (Å²) in [5.41, 5.74) is 2.69. The maximum atomic E-state index is 12.9. The molecule has 1 unspecified atom stereocenters. The largest absolute Gasteiger partial charge is 0.492 e. The van der Waals surface area contributed by atoms with Crippen LogP contribution in [0.3, 0.4) is 0 Å². The second-order valence-corrected chi connectivity index (χ2v) is 8.72. The van der Waals surface area contributed by atoms with Crippen molar-refractivity contribution in [3.8, 4) is 5.75 Å². The van der Waals surface area contributed by atoms with Crippen LogP contribution in [0.15, 0.2) is 36.5 Å². The molecule has 29 heavy (non-hydrogen) atoms. The van der Waals surface area contributed by atoms with Gasteiger partial charge in [-0.2, -0.15) is 0 Å². The Labute approximate surface area is 174 Å². The van der Waals surface area contributed by atoms with Crippen molar-refractivity contribution in [2.45, 2.75) is 25.8 Å². The molecule has 2 aliphatic heterocycles. The van der Waals surface area contributed by atoms with Crippen LogP contribution in [0.4, 0.5) is 0 Å². The molecule has 1 fully saturated rings. The molecular weight excluding hydrogens is 384 g/mol. The van der Waals surface area contributed by atoms with Gasteiger partial charge in [-0.15, -0.1) is 11.3 Å². The Bertz CT molecular complexity index is 1010. The molecule has 0 N–H and O–H groups in total. The van der Waals surface area contributed by atoms with E-state index in [4.69, 9.17) is 9.72 Å². The predicted octanol–water partition coefficient (Wildman–Crippen LogP) is 3.54. The number of fused-ring (bicyclic) bond motifs is 2. The van der Waals surface area contributed by atoms with Crippen LogP contribution >= 0.6 is 11.3 Å². The molecule has 0 saturated carbocycles. The second kappa shape index (κ2) is 7.72. The zero-order valence-corrected chi connectivity index (χ0v) is 17.3. The highest BCUT2D eigenvalue weighted by atomic mass is 32.1. The lowest BCUT2D eigenvalue weighted by molar-refractivity contribution is 0.0576. The Morgan fingerprint density at radius 2 is 2.03 bits per heavy atom. The number of carbonyl (C=O) groups excluding carboxylic acids is 1. The van der Waals surface area contributed by atoms with E-state index in [1.54, 1.807) is 17.5 Å². The number of carbonyl (C=O) groups is 1. The van der Waals surface area contributed by atoms with E-state index in [-0.39, 0.29) is 11.9 Å². The normalized spacial score (nSPS) is 18.3. The van der Waals surface area contributed by atoms with Gasteiger partial charge in [-0.1, -0.05) is 12.1 Å². The first-order valence-corrected chi connectivity index (χ1v) is 11.0. The number of para-hydroxylation sites is 1. The third-order valence-corrected chi connectivity index (χ3v) is 7.04. The summed E-state index contributed by atoms with van der Waals surface area (Å²) in [4.78, 5) is 26.4. The van der Waals surface area contributed by atoms with Gasteiger partial charge in [0.05, 0.1) is 29.1 Å². The molecule has 7 heteroatoms. The molecule has 2 aromatic heterocycles. The molecule has 5 rings (SSSR count). The summed E-state index contributed by atoms with van der Waals surface area (Å²) in [5, 5.41) is 1.14. The van der Waals surface area contributed by atoms with Crippen LogP contribution in [0, 0.1) is 0 Å². The van der Waals surface area contributed by atoms with Crippen LogP contribution in [0.5, 0.6) is 5.75 Å². The molecule has 3 aromatic rings. The summed E-state index contributed by atoms with van der Waals surface area (Å²) in [6, 6.07) is 10.4. The van der Waals surface area contributed by atoms with Crippen LogP contribution in [0.2, 0.25) is 0 Å². The fraction of sp³-hybridized carbons (Fsp3) is 0.409. The van der Waals surface area contributed by atoms with Gasteiger partial charge >= 0.3 is 0 Å². The van der Waals surface area contributed by atoms with E-state index in [0.717, 1.165) is 54.4 Å². The summed E-state index contributed by atoms with van der Waals surface area (Å²) >= 11 is 1.76. The Hall–Kier alpha value is -2.51. The Morgan fingerprint density at radius 1 is 1.21 bits per heavy atom. The quantitative estimate of drug-likeness (QED) is 0.664. The van der Waals surface area contributed by atoms with Crippen molar-refractivity contribution in [2.24, 2.45) is 0 Å². The number of amides is 1. The van der Waals surface area contributed by atoms with Crippen LogP contribution in [0.1, 0.15) is 40.4 Å². The molecule has 1 atom stereocenters. The van der Waals surface area contributed by atoms with Crippen molar-refractivity contribution >= 4 is 27.5 Å². The molecule has 1 saturated heterocycles. The van der Waals surface area contributed by atoms with Crippen molar-refractivity contribution in [3.05, 3.63) is 52.8 Å². The SMILES string of the molecule is CC(c1nc2ccccc2s1)N1CCN(C(=O)c2cc3c(cn2)OCCC3)CC1. The van der Waals surface area contributed by atoms with E-state index in [2.05, 4.69) is 35.0 Å². The van der Waals surface area contributed by atoms with Crippen molar-refractivity contribution in [3.63, 3.8) is 0 Å². The average molecular weight is 409 g/mol. The highest BCUT2D eigenvalue weighted by molar-refractivity contribution is 7.18. The molecule has 0 radical (unpaired) electrons. The lowest BCUT2D eigenvalue weighted by atomic mass is 10.1. The molecule has 150 valence electrons. The van der Waals surface area contributed by atoms with Gasteiger partial charge in [0.25, 0.3) is 5.91 Å². The van der Waals surface area contributed by atoms with E-state index < -0.39 is 0 Å². The molecule has 6 nitrogen and oxygen atoms in total. The number of hydrogen-bond acceptors (Lipinski definition) is 6. The molecule has 1 amide bonds. The lowest BCUT2D eigenvalue weighted by Gasteiger charge is -2.37. The summed E-state index contributed by atoms with van der Waals surface area (Å²) in [7, 11) is 0. The maximum absolute atomic E-state index is 12.9. The smallest absolute Gasteiger partial charge is 0.272 e. The van der Waals surface area contributed by atoms with Crippen LogP contribution in [-0.2, 0) is 6.42 Å². The summed E-state index contributed by atoms with van der Waals surface area (Å²) in [6.07, 6.45) is 3.64. The fourth-order valence-electron chi connectivity index (χ4n) is 4.07. The van der Waals surface area contributed by atoms with Crippen LogP contribution < -0.4 is 4.74 Å². The third-order valence-electron chi connectivity index (χ3n) is 5.83. The second-order valence-electron chi connectivity index (χ2n) is 7.65. The summed E-state index contributed by atoms with van der Waals surface area (Å²) in [6.45, 7) is 6.05. The topological polar surface area (TPSA) is 58.6 Å². The van der Waals surface area contributed by atoms with Gasteiger partial charge in [0.15, 0.2) is 0 Å². The number of thiazole rings is 1. The van der Waals surface area contributed by atoms with E-state index in [1.165, 1.54) is 4.70 Å². The lowest BCUT2D eigenvalue weighted by Crippen LogP contribution is -2.49. The van der Waals surface area contributed by atoms with Gasteiger partial charge in [-0.3, -0.25) is 9.69 Å². The molecule has 4 heterocycles. The maximum Gasteiger partial charge on any atom is 0.272 e. The van der Waals surface area contributed by atoms with Gasteiger partial charge in [0.2, 0.25) is 0 Å². The molecule has 0 aliphatic carbocycles. The van der Waals surface area contributed by atoms with E-state index in [9.17, 15) is 4.79 Å². The average Bonchev–Trinajstić information content (AvgIpc) is 3.22. The zero-order chi connectivity index (χ0) is 19.8. The molecule has 0 bridgehead atoms. The highest BCUT2D eigenvalue weighted by Gasteiger charge is 2.28.